The number of benzene rings is 2. The van der Waals surface area contributed by atoms with Crippen LogP contribution in [0, 0.1) is 0 Å². The maximum Gasteiger partial charge on any atom is 0.343 e. The number of unbranched alkanes of at least 4 members (excludes halogenated alkanes) is 9. The van der Waals surface area contributed by atoms with Crippen LogP contribution in [0.5, 0.6) is 11.5 Å². The molecule has 168 valence electrons. The highest BCUT2D eigenvalue weighted by Gasteiger charge is 2.11. The molecule has 0 heterocycles. The van der Waals surface area contributed by atoms with Gasteiger partial charge in [-0.15, -0.1) is 0 Å². The fraction of sp³-hybridized carbons (Fsp3) is 0.462. The minimum atomic E-state index is -0.531. The highest BCUT2D eigenvalue weighted by atomic mass is 16.5. The minimum absolute atomic E-state index is 0.0808. The second kappa shape index (κ2) is 14.2. The minimum Gasteiger partial charge on any atom is -0.508 e. The number of carbonyl (C=O) groups excluding carboxylic acids is 2. The molecule has 0 saturated heterocycles. The number of hydrogen-bond donors (Lipinski definition) is 1. The number of aromatic hydroxyl groups is 1. The van der Waals surface area contributed by atoms with Crippen LogP contribution in [0.2, 0.25) is 0 Å². The van der Waals surface area contributed by atoms with Crippen molar-refractivity contribution >= 4 is 11.9 Å². The van der Waals surface area contributed by atoms with Crippen LogP contribution < -0.4 is 4.74 Å². The Bertz CT molecular complexity index is 780. The number of ether oxygens (including phenoxy) is 2. The van der Waals surface area contributed by atoms with Gasteiger partial charge < -0.3 is 14.6 Å². The van der Waals surface area contributed by atoms with Crippen molar-refractivity contribution in [2.24, 2.45) is 0 Å². The summed E-state index contributed by atoms with van der Waals surface area (Å²) in [6.07, 6.45) is 12.4. The molecule has 0 aliphatic carbocycles. The Morgan fingerprint density at radius 2 is 1.16 bits per heavy atom. The molecule has 5 heteroatoms. The Morgan fingerprint density at radius 1 is 0.677 bits per heavy atom. The number of hydrogen-bond acceptors (Lipinski definition) is 5. The van der Waals surface area contributed by atoms with Crippen molar-refractivity contribution < 1.29 is 24.2 Å². The third-order valence-electron chi connectivity index (χ3n) is 5.13. The van der Waals surface area contributed by atoms with Crippen LogP contribution in [-0.2, 0) is 4.74 Å². The van der Waals surface area contributed by atoms with Crippen molar-refractivity contribution in [3.63, 3.8) is 0 Å². The highest BCUT2D eigenvalue weighted by Crippen LogP contribution is 2.17. The summed E-state index contributed by atoms with van der Waals surface area (Å²) >= 11 is 0. The molecule has 0 aromatic heterocycles. The van der Waals surface area contributed by atoms with Gasteiger partial charge in [-0.25, -0.2) is 9.59 Å². The average molecular weight is 427 g/mol. The molecule has 1 N–H and O–H groups in total. The molecule has 2 aromatic carbocycles. The molecule has 0 radical (unpaired) electrons. The lowest BCUT2D eigenvalue weighted by atomic mass is 10.1. The first kappa shape index (κ1) is 24.4. The van der Waals surface area contributed by atoms with Crippen LogP contribution in [0.25, 0.3) is 0 Å². The molecule has 5 nitrogen and oxygen atoms in total. The molecule has 0 unspecified atom stereocenters. The Labute approximate surface area is 185 Å². The number of esters is 2. The van der Waals surface area contributed by atoms with Crippen molar-refractivity contribution in [2.75, 3.05) is 6.61 Å². The summed E-state index contributed by atoms with van der Waals surface area (Å²) in [5, 5.41) is 9.27. The smallest absolute Gasteiger partial charge is 0.343 e. The lowest BCUT2D eigenvalue weighted by Gasteiger charge is -2.07. The third kappa shape index (κ3) is 9.69. The summed E-state index contributed by atoms with van der Waals surface area (Å²) in [5.41, 5.74) is 0.759. The van der Waals surface area contributed by atoms with Crippen molar-refractivity contribution in [3.8, 4) is 11.5 Å². The highest BCUT2D eigenvalue weighted by molar-refractivity contribution is 5.92. The summed E-state index contributed by atoms with van der Waals surface area (Å²) in [6, 6.07) is 12.1. The van der Waals surface area contributed by atoms with E-state index in [9.17, 15) is 14.7 Å². The van der Waals surface area contributed by atoms with E-state index in [-0.39, 0.29) is 11.7 Å². The fourth-order valence-corrected chi connectivity index (χ4v) is 3.26. The van der Waals surface area contributed by atoms with Gasteiger partial charge in [0.05, 0.1) is 17.7 Å². The number of rotatable bonds is 14. The molecule has 0 aliphatic rings. The van der Waals surface area contributed by atoms with Crippen LogP contribution >= 0.6 is 0 Å². The van der Waals surface area contributed by atoms with Crippen molar-refractivity contribution in [2.45, 2.75) is 71.1 Å². The van der Waals surface area contributed by atoms with E-state index in [1.54, 1.807) is 24.3 Å². The normalized spacial score (nSPS) is 10.6. The Balaban J connectivity index is 1.60. The first-order valence-electron chi connectivity index (χ1n) is 11.4. The molecule has 2 rings (SSSR count). The van der Waals surface area contributed by atoms with E-state index in [1.807, 2.05) is 0 Å². The summed E-state index contributed by atoms with van der Waals surface area (Å²) in [5.74, 6) is -0.481. The number of phenolic OH excluding ortho intramolecular Hbond substituents is 1. The molecule has 2 aromatic rings. The predicted molar refractivity (Wildman–Crippen MR) is 122 cm³/mol. The molecule has 0 spiro atoms. The van der Waals surface area contributed by atoms with Crippen LogP contribution in [0.1, 0.15) is 91.8 Å². The van der Waals surface area contributed by atoms with Crippen LogP contribution in [0.4, 0.5) is 0 Å². The predicted octanol–water partition coefficient (Wildman–Crippen LogP) is 6.69. The zero-order chi connectivity index (χ0) is 22.3. The Morgan fingerprint density at radius 3 is 1.74 bits per heavy atom. The summed E-state index contributed by atoms with van der Waals surface area (Å²) in [6.45, 7) is 2.66. The standard InChI is InChI=1S/C26H34O5/c1-2-3-4-5-6-7-8-9-10-11-20-30-25(28)21-14-18-24(19-15-21)31-26(29)22-12-16-23(27)17-13-22/h12-19,27H,2-11,20H2,1H3. The lowest BCUT2D eigenvalue weighted by Crippen LogP contribution is -2.09. The molecular weight excluding hydrogens is 392 g/mol. The Hall–Kier alpha value is -2.82. The first-order chi connectivity index (χ1) is 15.1. The summed E-state index contributed by atoms with van der Waals surface area (Å²) < 4.78 is 10.6. The lowest BCUT2D eigenvalue weighted by molar-refractivity contribution is 0.0497. The summed E-state index contributed by atoms with van der Waals surface area (Å²) in [7, 11) is 0. The molecule has 0 atom stereocenters. The van der Waals surface area contributed by atoms with Crippen LogP contribution in [0.3, 0.4) is 0 Å². The maximum atomic E-state index is 12.1. The second-order valence-electron chi connectivity index (χ2n) is 7.78. The van der Waals surface area contributed by atoms with Crippen LogP contribution in [0.15, 0.2) is 48.5 Å². The van der Waals surface area contributed by atoms with E-state index in [0.717, 1.165) is 12.8 Å². The topological polar surface area (TPSA) is 72.8 Å². The monoisotopic (exact) mass is 426 g/mol. The van der Waals surface area contributed by atoms with Gasteiger partial charge in [-0.05, 0) is 55.0 Å². The molecule has 31 heavy (non-hydrogen) atoms. The third-order valence-corrected chi connectivity index (χ3v) is 5.13. The SMILES string of the molecule is CCCCCCCCCCCCOC(=O)c1ccc(OC(=O)c2ccc(O)cc2)cc1. The van der Waals surface area contributed by atoms with Gasteiger partial charge in [0.25, 0.3) is 0 Å². The molecular formula is C26H34O5. The second-order valence-corrected chi connectivity index (χ2v) is 7.78. The van der Waals surface area contributed by atoms with Gasteiger partial charge in [0.1, 0.15) is 11.5 Å². The van der Waals surface area contributed by atoms with Crippen molar-refractivity contribution in [1.29, 1.82) is 0 Å². The van der Waals surface area contributed by atoms with E-state index < -0.39 is 5.97 Å². The zero-order valence-electron chi connectivity index (χ0n) is 18.5. The van der Waals surface area contributed by atoms with Gasteiger partial charge in [-0.2, -0.15) is 0 Å². The molecule has 0 aliphatic heterocycles. The quantitative estimate of drug-likeness (QED) is 0.207. The number of carbonyl (C=O) groups is 2. The van der Waals surface area contributed by atoms with E-state index in [1.165, 1.54) is 75.6 Å². The zero-order valence-corrected chi connectivity index (χ0v) is 18.5. The molecule has 0 fully saturated rings. The maximum absolute atomic E-state index is 12.1. The molecule has 0 saturated carbocycles. The average Bonchev–Trinajstić information content (AvgIpc) is 2.78. The van der Waals surface area contributed by atoms with E-state index in [2.05, 4.69) is 6.92 Å². The first-order valence-corrected chi connectivity index (χ1v) is 11.4. The summed E-state index contributed by atoms with van der Waals surface area (Å²) in [4.78, 5) is 24.2. The molecule has 0 bridgehead atoms. The molecule has 0 amide bonds. The Kier molecular flexibility index (Phi) is 11.2. The largest absolute Gasteiger partial charge is 0.508 e. The van der Waals surface area contributed by atoms with E-state index >= 15 is 0 Å². The van der Waals surface area contributed by atoms with E-state index in [0.29, 0.717) is 23.5 Å². The van der Waals surface area contributed by atoms with Gasteiger partial charge in [-0.3, -0.25) is 0 Å². The fourth-order valence-electron chi connectivity index (χ4n) is 3.26. The van der Waals surface area contributed by atoms with Gasteiger partial charge in [0, 0.05) is 0 Å². The van der Waals surface area contributed by atoms with E-state index in [4.69, 9.17) is 9.47 Å². The van der Waals surface area contributed by atoms with Crippen molar-refractivity contribution in [1.82, 2.24) is 0 Å². The van der Waals surface area contributed by atoms with Crippen molar-refractivity contribution in [3.05, 3.63) is 59.7 Å². The van der Waals surface area contributed by atoms with Crippen LogP contribution in [-0.4, -0.2) is 23.7 Å². The number of phenols is 1. The van der Waals surface area contributed by atoms with Gasteiger partial charge in [0.15, 0.2) is 0 Å². The van der Waals surface area contributed by atoms with Gasteiger partial charge in [0.2, 0.25) is 0 Å². The van der Waals surface area contributed by atoms with Gasteiger partial charge in [-0.1, -0.05) is 64.7 Å². The van der Waals surface area contributed by atoms with Gasteiger partial charge >= 0.3 is 11.9 Å².